The average Bonchev–Trinajstić information content (AvgIpc) is 3.40. The molecule has 0 saturated heterocycles. The Kier molecular flexibility index (Phi) is 5.82. The van der Waals surface area contributed by atoms with Crippen LogP contribution in [-0.4, -0.2) is 0 Å². The molecule has 0 unspecified atom stereocenters. The first-order chi connectivity index (χ1) is 25.1. The van der Waals surface area contributed by atoms with Crippen molar-refractivity contribution in [1.82, 2.24) is 0 Å². The molecule has 1 aliphatic carbocycles. The van der Waals surface area contributed by atoms with Crippen LogP contribution in [0.3, 0.4) is 0 Å². The van der Waals surface area contributed by atoms with Crippen LogP contribution in [0.5, 0.6) is 0 Å². The fourth-order valence-electron chi connectivity index (χ4n) is 9.57. The molecule has 0 spiro atoms. The van der Waals surface area contributed by atoms with Gasteiger partial charge in [0, 0.05) is 5.41 Å². The Bertz CT molecular complexity index is 3050. The summed E-state index contributed by atoms with van der Waals surface area (Å²) in [5.74, 6) is 0. The van der Waals surface area contributed by atoms with Gasteiger partial charge >= 0.3 is 0 Å². The second-order valence-corrected chi connectivity index (χ2v) is 14.8. The predicted molar refractivity (Wildman–Crippen MR) is 220 cm³/mol. The minimum absolute atomic E-state index is 0.163. The van der Waals surface area contributed by atoms with E-state index in [-0.39, 0.29) is 5.41 Å². The van der Waals surface area contributed by atoms with E-state index in [0.717, 1.165) is 0 Å². The third-order valence-electron chi connectivity index (χ3n) is 11.8. The van der Waals surface area contributed by atoms with Crippen molar-refractivity contribution in [3.8, 4) is 33.4 Å². The van der Waals surface area contributed by atoms with Crippen molar-refractivity contribution < 1.29 is 0 Å². The molecule has 0 radical (unpaired) electrons. The molecule has 0 N–H and O–H groups in total. The van der Waals surface area contributed by atoms with Crippen molar-refractivity contribution in [3.63, 3.8) is 0 Å². The molecule has 11 rings (SSSR count). The fraction of sp³-hybridized carbons (Fsp3) is 0.0588. The minimum Gasteiger partial charge on any atom is -0.0616 e. The Morgan fingerprint density at radius 3 is 1.45 bits per heavy atom. The van der Waals surface area contributed by atoms with Gasteiger partial charge in [0.25, 0.3) is 0 Å². The Balaban J connectivity index is 1.25. The Labute approximate surface area is 297 Å². The van der Waals surface area contributed by atoms with Gasteiger partial charge in [0.1, 0.15) is 0 Å². The predicted octanol–water partition coefficient (Wildman–Crippen LogP) is 14.2. The standard InChI is InChI=1S/C51H34/c1-51(2)46-30-33-16-4-3-15-32(33)28-44(46)42-24-13-25-43(50(42)51)48-38-20-9-11-22-40(38)49(41-23-12-10-21-39(41)48)45-29-34-27-26-31-14-5-6-17-35(31)47(34)37-19-8-7-18-36(37)45/h3-30H,1-2H3. The smallest absolute Gasteiger partial charge is 0.0165 e. The molecule has 0 aromatic heterocycles. The van der Waals surface area contributed by atoms with Gasteiger partial charge in [-0.05, 0) is 127 Å². The minimum atomic E-state index is -0.163. The topological polar surface area (TPSA) is 0 Å². The van der Waals surface area contributed by atoms with E-state index >= 15 is 0 Å². The summed E-state index contributed by atoms with van der Waals surface area (Å²) in [6.45, 7) is 4.83. The molecule has 0 heterocycles. The first kappa shape index (κ1) is 28.6. The van der Waals surface area contributed by atoms with Crippen LogP contribution >= 0.6 is 0 Å². The summed E-state index contributed by atoms with van der Waals surface area (Å²) in [5, 5.41) is 15.5. The van der Waals surface area contributed by atoms with E-state index in [1.165, 1.54) is 109 Å². The normalized spacial score (nSPS) is 13.5. The third kappa shape index (κ3) is 3.91. The zero-order chi connectivity index (χ0) is 33.8. The fourth-order valence-corrected chi connectivity index (χ4v) is 9.57. The van der Waals surface area contributed by atoms with Crippen molar-refractivity contribution in [2.24, 2.45) is 0 Å². The van der Waals surface area contributed by atoms with Gasteiger partial charge in [-0.3, -0.25) is 0 Å². The van der Waals surface area contributed by atoms with Crippen LogP contribution in [0.4, 0.5) is 0 Å². The van der Waals surface area contributed by atoms with E-state index in [1.807, 2.05) is 0 Å². The highest BCUT2D eigenvalue weighted by Crippen LogP contribution is 2.55. The first-order valence-corrected chi connectivity index (χ1v) is 18.0. The number of hydrogen-bond donors (Lipinski definition) is 0. The van der Waals surface area contributed by atoms with E-state index in [1.54, 1.807) is 0 Å². The summed E-state index contributed by atoms with van der Waals surface area (Å²) in [5.41, 5.74) is 10.6. The van der Waals surface area contributed by atoms with Gasteiger partial charge < -0.3 is 0 Å². The lowest BCUT2D eigenvalue weighted by Gasteiger charge is -2.26. The molecule has 0 nitrogen and oxygen atoms in total. The molecule has 238 valence electrons. The Morgan fingerprint density at radius 2 is 0.784 bits per heavy atom. The summed E-state index contributed by atoms with van der Waals surface area (Å²) >= 11 is 0. The molecule has 0 heteroatoms. The molecule has 0 atom stereocenters. The molecule has 10 aromatic rings. The van der Waals surface area contributed by atoms with Crippen LogP contribution in [0.25, 0.3) is 98.0 Å². The van der Waals surface area contributed by atoms with E-state index in [9.17, 15) is 0 Å². The van der Waals surface area contributed by atoms with E-state index < -0.39 is 0 Å². The highest BCUT2D eigenvalue weighted by Gasteiger charge is 2.38. The highest BCUT2D eigenvalue weighted by atomic mass is 14.4. The molecule has 0 fully saturated rings. The van der Waals surface area contributed by atoms with Crippen LogP contribution in [0.15, 0.2) is 170 Å². The average molecular weight is 647 g/mol. The molecule has 10 aromatic carbocycles. The van der Waals surface area contributed by atoms with Gasteiger partial charge in [-0.1, -0.05) is 166 Å². The summed E-state index contributed by atoms with van der Waals surface area (Å²) in [4.78, 5) is 0. The molecular weight excluding hydrogens is 613 g/mol. The molecule has 0 amide bonds. The van der Waals surface area contributed by atoms with Crippen LogP contribution in [0.1, 0.15) is 25.0 Å². The van der Waals surface area contributed by atoms with Gasteiger partial charge in [0.05, 0.1) is 0 Å². The van der Waals surface area contributed by atoms with Crippen LogP contribution in [-0.2, 0) is 5.41 Å². The number of hydrogen-bond acceptors (Lipinski definition) is 0. The zero-order valence-corrected chi connectivity index (χ0v) is 28.7. The number of fused-ring (bicyclic) bond motifs is 11. The summed E-state index contributed by atoms with van der Waals surface area (Å²) in [6, 6.07) is 63.6. The van der Waals surface area contributed by atoms with Gasteiger partial charge in [-0.15, -0.1) is 0 Å². The SMILES string of the molecule is CC1(C)c2cc3ccccc3cc2-c2cccc(-c3c4ccccc4c(-c4cc5ccc6ccccc6c5c5ccccc45)c4ccccc34)c21. The highest BCUT2D eigenvalue weighted by molar-refractivity contribution is 6.28. The largest absolute Gasteiger partial charge is 0.0616 e. The maximum absolute atomic E-state index is 2.45. The van der Waals surface area contributed by atoms with Crippen LogP contribution in [0.2, 0.25) is 0 Å². The van der Waals surface area contributed by atoms with Crippen molar-refractivity contribution in [2.45, 2.75) is 19.3 Å². The Hall–Kier alpha value is -6.24. The molecule has 0 saturated carbocycles. The molecule has 0 aliphatic heterocycles. The van der Waals surface area contributed by atoms with E-state index in [0.29, 0.717) is 0 Å². The van der Waals surface area contributed by atoms with Crippen molar-refractivity contribution in [1.29, 1.82) is 0 Å². The lowest BCUT2D eigenvalue weighted by Crippen LogP contribution is -2.16. The molecular formula is C51H34. The van der Waals surface area contributed by atoms with Crippen LogP contribution in [0, 0.1) is 0 Å². The van der Waals surface area contributed by atoms with Crippen molar-refractivity contribution >= 4 is 64.6 Å². The van der Waals surface area contributed by atoms with E-state index in [2.05, 4.69) is 184 Å². The monoisotopic (exact) mass is 646 g/mol. The number of rotatable bonds is 2. The van der Waals surface area contributed by atoms with Crippen molar-refractivity contribution in [3.05, 3.63) is 181 Å². The summed E-state index contributed by atoms with van der Waals surface area (Å²) in [7, 11) is 0. The number of benzene rings is 10. The molecule has 51 heavy (non-hydrogen) atoms. The zero-order valence-electron chi connectivity index (χ0n) is 28.7. The summed E-state index contributed by atoms with van der Waals surface area (Å²) in [6.07, 6.45) is 0. The van der Waals surface area contributed by atoms with Gasteiger partial charge in [0.15, 0.2) is 0 Å². The van der Waals surface area contributed by atoms with Gasteiger partial charge in [0.2, 0.25) is 0 Å². The lowest BCUT2D eigenvalue weighted by molar-refractivity contribution is 0.663. The maximum Gasteiger partial charge on any atom is 0.0165 e. The first-order valence-electron chi connectivity index (χ1n) is 18.0. The maximum atomic E-state index is 2.45. The molecule has 0 bridgehead atoms. The van der Waals surface area contributed by atoms with Gasteiger partial charge in [-0.25, -0.2) is 0 Å². The second kappa shape index (κ2) is 10.4. The second-order valence-electron chi connectivity index (χ2n) is 14.8. The lowest BCUT2D eigenvalue weighted by atomic mass is 9.76. The van der Waals surface area contributed by atoms with Crippen LogP contribution < -0.4 is 0 Å². The van der Waals surface area contributed by atoms with E-state index in [4.69, 9.17) is 0 Å². The molecule has 1 aliphatic rings. The quantitative estimate of drug-likeness (QED) is 0.129. The summed E-state index contributed by atoms with van der Waals surface area (Å²) < 4.78 is 0. The van der Waals surface area contributed by atoms with Crippen molar-refractivity contribution in [2.75, 3.05) is 0 Å². The third-order valence-corrected chi connectivity index (χ3v) is 11.8. The van der Waals surface area contributed by atoms with Gasteiger partial charge in [-0.2, -0.15) is 0 Å². The Morgan fingerprint density at radius 1 is 0.314 bits per heavy atom.